The van der Waals surface area contributed by atoms with Crippen LogP contribution in [0.4, 0.5) is 5.69 Å². The molecule has 0 spiro atoms. The molecule has 2 aliphatic carbocycles. The lowest BCUT2D eigenvalue weighted by Gasteiger charge is -2.30. The van der Waals surface area contributed by atoms with Crippen LogP contribution in [0.2, 0.25) is 0 Å². The zero-order valence-corrected chi connectivity index (χ0v) is 23.7. The number of anilines is 1. The second-order valence-electron chi connectivity index (χ2n) is 11.3. The summed E-state index contributed by atoms with van der Waals surface area (Å²) in [4.78, 5) is 14.6. The molecule has 8 nitrogen and oxygen atoms in total. The van der Waals surface area contributed by atoms with Crippen LogP contribution in [0.15, 0.2) is 30.3 Å². The van der Waals surface area contributed by atoms with Crippen LogP contribution in [0, 0.1) is 30.6 Å². The van der Waals surface area contributed by atoms with Crippen LogP contribution < -0.4 is 10.1 Å². The van der Waals surface area contributed by atoms with Gasteiger partial charge >= 0.3 is 0 Å². The van der Waals surface area contributed by atoms with Crippen LogP contribution in [0.5, 0.6) is 11.5 Å². The highest BCUT2D eigenvalue weighted by molar-refractivity contribution is 5.94. The maximum absolute atomic E-state index is 13.2. The number of carbonyl (C=O) groups excluding carboxylic acids is 1. The number of carbonyl (C=O) groups is 1. The fraction of sp³-hybridized carbons (Fsp3) is 0.500. The van der Waals surface area contributed by atoms with Crippen LogP contribution in [-0.2, 0) is 18.3 Å². The van der Waals surface area contributed by atoms with Gasteiger partial charge in [0, 0.05) is 11.6 Å². The molecule has 5 rings (SSSR count). The Labute approximate surface area is 236 Å². The van der Waals surface area contributed by atoms with Gasteiger partial charge < -0.3 is 15.2 Å². The van der Waals surface area contributed by atoms with E-state index in [-0.39, 0.29) is 17.6 Å². The van der Waals surface area contributed by atoms with Crippen molar-refractivity contribution in [3.8, 4) is 23.3 Å². The van der Waals surface area contributed by atoms with E-state index < -0.39 is 0 Å². The highest BCUT2D eigenvalue weighted by Gasteiger charge is 2.27. The predicted molar refractivity (Wildman–Crippen MR) is 154 cm³/mol. The number of phenolic OH excluding ortho intramolecular Hbond substituents is 1. The molecular formula is C32H39N5O3. The Balaban J connectivity index is 1.37. The van der Waals surface area contributed by atoms with E-state index in [0.717, 1.165) is 74.8 Å². The lowest BCUT2D eigenvalue weighted by molar-refractivity contribution is -0.120. The summed E-state index contributed by atoms with van der Waals surface area (Å²) >= 11 is 0. The molecule has 2 fully saturated rings. The number of nitrogens with zero attached hydrogens (tertiary/aromatic N) is 4. The second kappa shape index (κ2) is 12.5. The molecule has 0 saturated heterocycles. The summed E-state index contributed by atoms with van der Waals surface area (Å²) in [5.41, 5.74) is 4.71. The van der Waals surface area contributed by atoms with Crippen molar-refractivity contribution in [1.82, 2.24) is 20.2 Å². The average Bonchev–Trinajstić information content (AvgIpc) is 3.39. The molecule has 2 aromatic carbocycles. The first-order chi connectivity index (χ1) is 19.4. The molecule has 1 heterocycles. The summed E-state index contributed by atoms with van der Waals surface area (Å²) in [5, 5.41) is 26.1. The number of hydrogen-bond acceptors (Lipinski definition) is 6. The van der Waals surface area contributed by atoms with Crippen LogP contribution in [0.25, 0.3) is 0 Å². The van der Waals surface area contributed by atoms with E-state index >= 15 is 0 Å². The first-order valence-electron chi connectivity index (χ1n) is 14.5. The van der Waals surface area contributed by atoms with Gasteiger partial charge in [0.15, 0.2) is 0 Å². The summed E-state index contributed by atoms with van der Waals surface area (Å²) in [7, 11) is 3.40. The molecule has 8 heteroatoms. The third kappa shape index (κ3) is 6.47. The van der Waals surface area contributed by atoms with Crippen LogP contribution in [-0.4, -0.2) is 38.3 Å². The van der Waals surface area contributed by atoms with Crippen molar-refractivity contribution in [3.63, 3.8) is 0 Å². The number of aromatic nitrogens is 4. The molecule has 2 N–H and O–H groups in total. The monoisotopic (exact) mass is 541 g/mol. The number of ether oxygens (including phenoxy) is 1. The summed E-state index contributed by atoms with van der Waals surface area (Å²) in [6, 6.07) is 9.97. The highest BCUT2D eigenvalue weighted by Crippen LogP contribution is 2.40. The predicted octanol–water partition coefficient (Wildman–Crippen LogP) is 5.67. The number of aromatic hydroxyl groups is 1. The normalized spacial score (nSPS) is 19.5. The Kier molecular flexibility index (Phi) is 8.69. The van der Waals surface area contributed by atoms with Gasteiger partial charge in [-0.1, -0.05) is 42.4 Å². The van der Waals surface area contributed by atoms with Crippen molar-refractivity contribution in [2.45, 2.75) is 77.0 Å². The Bertz CT molecular complexity index is 1410. The number of methoxy groups -OCH3 is 1. The number of hydrogen-bond donors (Lipinski definition) is 2. The molecule has 40 heavy (non-hydrogen) atoms. The van der Waals surface area contributed by atoms with Gasteiger partial charge in [-0.25, -0.2) is 0 Å². The third-order valence-electron chi connectivity index (χ3n) is 8.56. The third-order valence-corrected chi connectivity index (χ3v) is 8.56. The number of nitrogens with one attached hydrogen (secondary N) is 1. The van der Waals surface area contributed by atoms with Crippen molar-refractivity contribution >= 4 is 11.6 Å². The minimum absolute atomic E-state index is 0.0390. The van der Waals surface area contributed by atoms with E-state index in [9.17, 15) is 9.90 Å². The average molecular weight is 542 g/mol. The Morgan fingerprint density at radius 3 is 2.52 bits per heavy atom. The molecule has 0 unspecified atom stereocenters. The number of tetrazole rings is 1. The SMILES string of the molecule is COc1ccc(C2CCC(Cc3c(NC(=O)C4CCCCC4)ccc(O)c3C#Cc3nnn(C)n3)CC2)cc1C. The van der Waals surface area contributed by atoms with Gasteiger partial charge in [0.25, 0.3) is 0 Å². The molecule has 1 amide bonds. The molecule has 3 aromatic rings. The van der Waals surface area contributed by atoms with Gasteiger partial charge in [0.1, 0.15) is 11.5 Å². The number of phenols is 1. The summed E-state index contributed by atoms with van der Waals surface area (Å²) in [6.45, 7) is 2.10. The minimum atomic E-state index is 0.0390. The quantitative estimate of drug-likeness (QED) is 0.308. The molecule has 0 radical (unpaired) electrons. The lowest BCUT2D eigenvalue weighted by Crippen LogP contribution is -2.26. The Morgan fingerprint density at radius 1 is 1.07 bits per heavy atom. The lowest BCUT2D eigenvalue weighted by atomic mass is 9.76. The van der Waals surface area contributed by atoms with E-state index in [1.807, 2.05) is 6.07 Å². The maximum atomic E-state index is 13.2. The largest absolute Gasteiger partial charge is 0.507 e. The number of aryl methyl sites for hydroxylation is 2. The highest BCUT2D eigenvalue weighted by atomic mass is 16.5. The van der Waals surface area contributed by atoms with Crippen molar-refractivity contribution in [2.75, 3.05) is 12.4 Å². The van der Waals surface area contributed by atoms with Gasteiger partial charge in [-0.05, 0) is 110 Å². The smallest absolute Gasteiger partial charge is 0.248 e. The van der Waals surface area contributed by atoms with Gasteiger partial charge in [-0.15, -0.1) is 5.10 Å². The van der Waals surface area contributed by atoms with E-state index in [1.165, 1.54) is 22.3 Å². The van der Waals surface area contributed by atoms with E-state index in [4.69, 9.17) is 4.74 Å². The zero-order chi connectivity index (χ0) is 28.1. The Hall–Kier alpha value is -3.86. The summed E-state index contributed by atoms with van der Waals surface area (Å²) in [6.07, 6.45) is 10.3. The van der Waals surface area contributed by atoms with Crippen molar-refractivity contribution < 1.29 is 14.6 Å². The van der Waals surface area contributed by atoms with E-state index in [2.05, 4.69) is 57.7 Å². The first kappa shape index (κ1) is 27.7. The number of amides is 1. The summed E-state index contributed by atoms with van der Waals surface area (Å²) < 4.78 is 5.44. The summed E-state index contributed by atoms with van der Waals surface area (Å²) in [5.74, 6) is 8.43. The molecule has 2 saturated carbocycles. The zero-order valence-electron chi connectivity index (χ0n) is 23.7. The minimum Gasteiger partial charge on any atom is -0.507 e. The van der Waals surface area contributed by atoms with Gasteiger partial charge in [0.2, 0.25) is 11.7 Å². The first-order valence-corrected chi connectivity index (χ1v) is 14.5. The van der Waals surface area contributed by atoms with E-state index in [1.54, 1.807) is 20.2 Å². The van der Waals surface area contributed by atoms with E-state index in [0.29, 0.717) is 23.2 Å². The number of benzene rings is 2. The number of rotatable bonds is 6. The van der Waals surface area contributed by atoms with Crippen LogP contribution in [0.3, 0.4) is 0 Å². The molecule has 210 valence electrons. The molecule has 1 aromatic heterocycles. The van der Waals surface area contributed by atoms with Crippen LogP contribution >= 0.6 is 0 Å². The van der Waals surface area contributed by atoms with Crippen molar-refractivity contribution in [2.24, 2.45) is 18.9 Å². The van der Waals surface area contributed by atoms with Gasteiger partial charge in [-0.3, -0.25) is 4.79 Å². The van der Waals surface area contributed by atoms with Crippen molar-refractivity contribution in [1.29, 1.82) is 0 Å². The molecule has 0 aliphatic heterocycles. The standard InChI is InChI=1S/C32H39N5O3/c1-21-19-25(13-17-30(21)40-3)23-11-9-22(10-12-23)20-27-26(14-18-31-34-36-37(2)35-31)29(38)16-15-28(27)33-32(39)24-7-5-4-6-8-24/h13,15-17,19,22-24,38H,4-12,20H2,1-3H3,(H,33,39). The van der Waals surface area contributed by atoms with Crippen LogP contribution in [0.1, 0.15) is 91.8 Å². The van der Waals surface area contributed by atoms with Crippen molar-refractivity contribution in [3.05, 3.63) is 58.4 Å². The molecule has 0 atom stereocenters. The second-order valence-corrected chi connectivity index (χ2v) is 11.3. The maximum Gasteiger partial charge on any atom is 0.248 e. The van der Waals surface area contributed by atoms with Gasteiger partial charge in [0.05, 0.1) is 19.7 Å². The molecule has 2 aliphatic rings. The topological polar surface area (TPSA) is 102 Å². The molecular weight excluding hydrogens is 502 g/mol. The molecule has 0 bridgehead atoms. The Morgan fingerprint density at radius 2 is 1.85 bits per heavy atom. The fourth-order valence-electron chi connectivity index (χ4n) is 6.30. The van der Waals surface area contributed by atoms with Gasteiger partial charge in [-0.2, -0.15) is 4.80 Å². The fourth-order valence-corrected chi connectivity index (χ4v) is 6.30.